The van der Waals surface area contributed by atoms with E-state index in [2.05, 4.69) is 16.8 Å². The molecule has 0 saturated heterocycles. The summed E-state index contributed by atoms with van der Waals surface area (Å²) in [5.41, 5.74) is 7.30. The highest BCUT2D eigenvalue weighted by atomic mass is 32.2. The van der Waals surface area contributed by atoms with Crippen LogP contribution in [0.1, 0.15) is 16.6 Å². The van der Waals surface area contributed by atoms with E-state index in [-0.39, 0.29) is 0 Å². The van der Waals surface area contributed by atoms with E-state index in [0.717, 1.165) is 16.9 Å². The summed E-state index contributed by atoms with van der Waals surface area (Å²) in [4.78, 5) is 12.0. The first-order valence-corrected chi connectivity index (χ1v) is 8.59. The molecule has 0 aliphatic rings. The Bertz CT molecular complexity index is 886. The van der Waals surface area contributed by atoms with Crippen LogP contribution in [0.2, 0.25) is 0 Å². The maximum absolute atomic E-state index is 12.0. The number of hydrogen-bond donors (Lipinski definition) is 1. The van der Waals surface area contributed by atoms with E-state index in [9.17, 15) is 4.79 Å². The first kappa shape index (κ1) is 17.0. The van der Waals surface area contributed by atoms with Gasteiger partial charge in [0.25, 0.3) is 0 Å². The molecule has 2 aromatic heterocycles. The Hall–Kier alpha value is -2.80. The highest BCUT2D eigenvalue weighted by molar-refractivity contribution is 8.00. The van der Waals surface area contributed by atoms with E-state index >= 15 is 0 Å². The topological polar surface area (TPSA) is 86.9 Å². The molecule has 1 unspecified atom stereocenters. The van der Waals surface area contributed by atoms with Crippen molar-refractivity contribution in [3.8, 4) is 11.4 Å². The Morgan fingerprint density at radius 2 is 2.12 bits per heavy atom. The summed E-state index contributed by atoms with van der Waals surface area (Å²) in [5, 5.41) is 8.59. The summed E-state index contributed by atoms with van der Waals surface area (Å²) in [7, 11) is 0. The summed E-state index contributed by atoms with van der Waals surface area (Å²) in [6.45, 7) is 6.17. The highest BCUT2D eigenvalue weighted by Gasteiger charge is 2.24. The Balaban J connectivity index is 1.99. The second kappa shape index (κ2) is 7.40. The number of allylic oxidation sites excluding steroid dienone is 1. The number of primary amides is 1. The number of aromatic nitrogens is 3. The van der Waals surface area contributed by atoms with Gasteiger partial charge in [0.1, 0.15) is 11.0 Å². The van der Waals surface area contributed by atoms with Gasteiger partial charge in [0.05, 0.1) is 11.8 Å². The minimum atomic E-state index is -0.549. The minimum Gasteiger partial charge on any atom is -0.469 e. The molecular formula is C18H18N4O2S. The normalized spacial score (nSPS) is 12.0. The van der Waals surface area contributed by atoms with Crippen LogP contribution in [0.15, 0.2) is 64.9 Å². The van der Waals surface area contributed by atoms with Gasteiger partial charge in [0, 0.05) is 6.54 Å². The van der Waals surface area contributed by atoms with E-state index in [1.165, 1.54) is 11.8 Å². The number of nitrogens with two attached hydrogens (primary N) is 1. The van der Waals surface area contributed by atoms with E-state index < -0.39 is 11.2 Å². The lowest BCUT2D eigenvalue weighted by Crippen LogP contribution is -2.19. The van der Waals surface area contributed by atoms with Gasteiger partial charge in [0.15, 0.2) is 11.0 Å². The van der Waals surface area contributed by atoms with Crippen LogP contribution in [0.5, 0.6) is 0 Å². The molecule has 2 N–H and O–H groups in total. The molecule has 6 nitrogen and oxygen atoms in total. The fourth-order valence-electron chi connectivity index (χ4n) is 2.51. The lowest BCUT2D eigenvalue weighted by atomic mass is 10.1. The Morgan fingerprint density at radius 1 is 1.36 bits per heavy atom. The van der Waals surface area contributed by atoms with Crippen LogP contribution >= 0.6 is 11.8 Å². The monoisotopic (exact) mass is 354 g/mol. The zero-order valence-corrected chi connectivity index (χ0v) is 14.6. The van der Waals surface area contributed by atoms with Crippen molar-refractivity contribution in [2.45, 2.75) is 23.9 Å². The lowest BCUT2D eigenvalue weighted by Gasteiger charge is -2.14. The number of carbonyl (C=O) groups excluding carboxylic acids is 1. The van der Waals surface area contributed by atoms with Crippen LogP contribution in [0.4, 0.5) is 0 Å². The van der Waals surface area contributed by atoms with Gasteiger partial charge in [-0.3, -0.25) is 9.36 Å². The predicted molar refractivity (Wildman–Crippen MR) is 96.9 cm³/mol. The second-order valence-electron chi connectivity index (χ2n) is 5.41. The fourth-order valence-corrected chi connectivity index (χ4v) is 3.51. The van der Waals surface area contributed by atoms with Gasteiger partial charge >= 0.3 is 0 Å². The average molecular weight is 354 g/mol. The average Bonchev–Trinajstić information content (AvgIpc) is 3.19. The second-order valence-corrected chi connectivity index (χ2v) is 6.48. The smallest absolute Gasteiger partial charge is 0.235 e. The van der Waals surface area contributed by atoms with Crippen LogP contribution in [-0.4, -0.2) is 20.7 Å². The lowest BCUT2D eigenvalue weighted by molar-refractivity contribution is -0.117. The number of thioether (sulfide) groups is 1. The van der Waals surface area contributed by atoms with Gasteiger partial charge in [-0.05, 0) is 18.6 Å². The SMILES string of the molecule is C=CCn1c(SC(C(N)=O)c2ccccc2)nnc1-c1ccoc1C. The van der Waals surface area contributed by atoms with Gasteiger partial charge in [-0.25, -0.2) is 0 Å². The zero-order valence-electron chi connectivity index (χ0n) is 13.8. The van der Waals surface area contributed by atoms with Gasteiger partial charge in [-0.1, -0.05) is 48.2 Å². The largest absolute Gasteiger partial charge is 0.469 e. The molecule has 0 aliphatic heterocycles. The van der Waals surface area contributed by atoms with E-state index in [1.54, 1.807) is 12.3 Å². The van der Waals surface area contributed by atoms with Gasteiger partial charge in [-0.2, -0.15) is 0 Å². The number of furan rings is 1. The maximum atomic E-state index is 12.0. The van der Waals surface area contributed by atoms with Crippen molar-refractivity contribution in [3.63, 3.8) is 0 Å². The molecule has 1 amide bonds. The Kier molecular flexibility index (Phi) is 5.04. The van der Waals surface area contributed by atoms with Gasteiger partial charge in [-0.15, -0.1) is 16.8 Å². The van der Waals surface area contributed by atoms with Crippen molar-refractivity contribution in [1.29, 1.82) is 0 Å². The number of hydrogen-bond acceptors (Lipinski definition) is 5. The van der Waals surface area contributed by atoms with Crippen molar-refractivity contribution >= 4 is 17.7 Å². The molecule has 0 fully saturated rings. The first-order chi connectivity index (χ1) is 12.1. The molecule has 0 spiro atoms. The summed E-state index contributed by atoms with van der Waals surface area (Å²) < 4.78 is 7.26. The molecule has 3 rings (SSSR count). The van der Waals surface area contributed by atoms with E-state index in [1.807, 2.05) is 47.9 Å². The number of nitrogens with zero attached hydrogens (tertiary/aromatic N) is 3. The molecule has 25 heavy (non-hydrogen) atoms. The van der Waals surface area contributed by atoms with Crippen molar-refractivity contribution in [2.24, 2.45) is 5.73 Å². The molecule has 7 heteroatoms. The number of amides is 1. The molecule has 128 valence electrons. The van der Waals surface area contributed by atoms with Crippen LogP contribution in [0.3, 0.4) is 0 Å². The van der Waals surface area contributed by atoms with Crippen LogP contribution in [0.25, 0.3) is 11.4 Å². The number of carbonyl (C=O) groups is 1. The van der Waals surface area contributed by atoms with Crippen molar-refractivity contribution in [3.05, 3.63) is 66.6 Å². The molecule has 1 atom stereocenters. The molecular weight excluding hydrogens is 336 g/mol. The molecule has 2 heterocycles. The summed E-state index contributed by atoms with van der Waals surface area (Å²) in [6.07, 6.45) is 3.37. The molecule has 0 radical (unpaired) electrons. The number of benzene rings is 1. The summed E-state index contributed by atoms with van der Waals surface area (Å²) >= 11 is 1.28. The quantitative estimate of drug-likeness (QED) is 0.519. The van der Waals surface area contributed by atoms with Gasteiger partial charge < -0.3 is 10.2 Å². The Morgan fingerprint density at radius 3 is 2.72 bits per heavy atom. The standard InChI is InChI=1S/C18H18N4O2S/c1-3-10-22-17(14-9-11-24-12(14)2)20-21-18(22)25-15(16(19)23)13-7-5-4-6-8-13/h3-9,11,15H,1,10H2,2H3,(H2,19,23). The Labute approximate surface area is 149 Å². The van der Waals surface area contributed by atoms with E-state index in [4.69, 9.17) is 10.2 Å². The van der Waals surface area contributed by atoms with Crippen LogP contribution in [-0.2, 0) is 11.3 Å². The predicted octanol–water partition coefficient (Wildman–Crippen LogP) is 3.35. The third-order valence-corrected chi connectivity index (χ3v) is 4.97. The highest BCUT2D eigenvalue weighted by Crippen LogP contribution is 2.36. The van der Waals surface area contributed by atoms with Crippen molar-refractivity contribution in [2.75, 3.05) is 0 Å². The third kappa shape index (κ3) is 3.51. The molecule has 0 bridgehead atoms. The van der Waals surface area contributed by atoms with E-state index in [0.29, 0.717) is 17.5 Å². The van der Waals surface area contributed by atoms with Gasteiger partial charge in [0.2, 0.25) is 5.91 Å². The summed E-state index contributed by atoms with van der Waals surface area (Å²) in [5.74, 6) is 0.999. The first-order valence-electron chi connectivity index (χ1n) is 7.71. The fraction of sp³-hybridized carbons (Fsp3) is 0.167. The molecule has 1 aromatic carbocycles. The van der Waals surface area contributed by atoms with Crippen LogP contribution in [0, 0.1) is 6.92 Å². The van der Waals surface area contributed by atoms with Crippen LogP contribution < -0.4 is 5.73 Å². The maximum Gasteiger partial charge on any atom is 0.235 e. The number of aryl methyl sites for hydroxylation is 1. The zero-order chi connectivity index (χ0) is 17.8. The van der Waals surface area contributed by atoms with Crippen molar-refractivity contribution < 1.29 is 9.21 Å². The minimum absolute atomic E-state index is 0.426. The molecule has 3 aromatic rings. The summed E-state index contributed by atoms with van der Waals surface area (Å²) in [6, 6.07) is 11.2. The van der Waals surface area contributed by atoms with Crippen molar-refractivity contribution in [1.82, 2.24) is 14.8 Å². The molecule has 0 saturated carbocycles. The number of rotatable bonds is 7. The molecule has 0 aliphatic carbocycles. The third-order valence-electron chi connectivity index (χ3n) is 3.71.